The second-order valence-electron chi connectivity index (χ2n) is 5.34. The Morgan fingerprint density at radius 3 is 2.55 bits per heavy atom. The van der Waals surface area contributed by atoms with Crippen molar-refractivity contribution in [3.05, 3.63) is 60.2 Å². The number of benzene rings is 2. The summed E-state index contributed by atoms with van der Waals surface area (Å²) >= 11 is 0. The van der Waals surface area contributed by atoms with Crippen molar-refractivity contribution in [1.82, 2.24) is 5.32 Å². The lowest BCUT2D eigenvalue weighted by Crippen LogP contribution is -2.31. The van der Waals surface area contributed by atoms with Crippen molar-refractivity contribution in [2.24, 2.45) is 0 Å². The Labute approximate surface area is 131 Å². The molecule has 1 aliphatic rings. The minimum absolute atomic E-state index is 0.0365. The minimum atomic E-state index is 0.0365. The summed E-state index contributed by atoms with van der Waals surface area (Å²) in [5.41, 5.74) is 1.15. The van der Waals surface area contributed by atoms with Gasteiger partial charge in [0, 0.05) is 26.3 Å². The maximum absolute atomic E-state index is 6.00. The van der Waals surface area contributed by atoms with Crippen LogP contribution in [0.4, 0.5) is 0 Å². The second-order valence-corrected chi connectivity index (χ2v) is 5.34. The highest BCUT2D eigenvalue weighted by Crippen LogP contribution is 2.23. The zero-order valence-electron chi connectivity index (χ0n) is 12.7. The van der Waals surface area contributed by atoms with Crippen molar-refractivity contribution >= 4 is 0 Å². The lowest BCUT2D eigenvalue weighted by molar-refractivity contribution is 0.0345. The van der Waals surface area contributed by atoms with E-state index in [2.05, 4.69) is 5.32 Å². The molecule has 0 saturated carbocycles. The summed E-state index contributed by atoms with van der Waals surface area (Å²) in [6.07, 6.45) is 0.128. The molecular formula is C18H21NO3. The van der Waals surface area contributed by atoms with E-state index < -0.39 is 0 Å². The molecule has 116 valence electrons. The van der Waals surface area contributed by atoms with Crippen molar-refractivity contribution in [2.45, 2.75) is 18.8 Å². The monoisotopic (exact) mass is 299 g/mol. The molecule has 0 unspecified atom stereocenters. The van der Waals surface area contributed by atoms with Crippen LogP contribution in [0.3, 0.4) is 0 Å². The Kier molecular flexibility index (Phi) is 4.93. The normalized spacial score (nSPS) is 20.8. The van der Waals surface area contributed by atoms with Crippen LogP contribution in [0.1, 0.15) is 5.56 Å². The van der Waals surface area contributed by atoms with Gasteiger partial charge < -0.3 is 19.5 Å². The van der Waals surface area contributed by atoms with Gasteiger partial charge >= 0.3 is 0 Å². The van der Waals surface area contributed by atoms with Crippen molar-refractivity contribution < 1.29 is 14.2 Å². The molecule has 1 saturated heterocycles. The predicted molar refractivity (Wildman–Crippen MR) is 85.3 cm³/mol. The Hall–Kier alpha value is -2.04. The van der Waals surface area contributed by atoms with Crippen LogP contribution in [0.2, 0.25) is 0 Å². The molecule has 3 rings (SSSR count). The van der Waals surface area contributed by atoms with Gasteiger partial charge in [0.2, 0.25) is 0 Å². The third-order valence-corrected chi connectivity index (χ3v) is 3.75. The Morgan fingerprint density at radius 1 is 0.955 bits per heavy atom. The van der Waals surface area contributed by atoms with Crippen LogP contribution in [0, 0.1) is 0 Å². The number of hydrogen-bond donors (Lipinski definition) is 1. The fourth-order valence-corrected chi connectivity index (χ4v) is 2.54. The molecule has 4 nitrogen and oxygen atoms in total. The molecule has 0 bridgehead atoms. The molecule has 1 aliphatic heterocycles. The quantitative estimate of drug-likeness (QED) is 0.890. The molecule has 2 atom stereocenters. The molecule has 4 heteroatoms. The topological polar surface area (TPSA) is 39.7 Å². The first-order valence-corrected chi connectivity index (χ1v) is 7.52. The predicted octanol–water partition coefficient (Wildman–Crippen LogP) is 2.63. The smallest absolute Gasteiger partial charge is 0.138 e. The van der Waals surface area contributed by atoms with Crippen LogP contribution >= 0.6 is 0 Å². The van der Waals surface area contributed by atoms with E-state index in [-0.39, 0.29) is 12.2 Å². The fourth-order valence-electron chi connectivity index (χ4n) is 2.54. The van der Waals surface area contributed by atoms with Gasteiger partial charge in [0.1, 0.15) is 30.3 Å². The Balaban J connectivity index is 1.60. The number of methoxy groups -OCH3 is 1. The Morgan fingerprint density at radius 2 is 1.73 bits per heavy atom. The first kappa shape index (κ1) is 14.9. The molecule has 1 fully saturated rings. The molecule has 0 aliphatic carbocycles. The molecular weight excluding hydrogens is 278 g/mol. The molecule has 0 radical (unpaired) electrons. The molecule has 22 heavy (non-hydrogen) atoms. The third-order valence-electron chi connectivity index (χ3n) is 3.75. The van der Waals surface area contributed by atoms with Crippen LogP contribution in [0.5, 0.6) is 11.5 Å². The van der Waals surface area contributed by atoms with E-state index in [0.717, 1.165) is 30.2 Å². The number of ether oxygens (including phenoxy) is 3. The standard InChI is InChI=1S/C18H21NO3/c1-20-17-11-19-12-18(17)22-16-9-5-8-15(10-16)21-13-14-6-3-2-4-7-14/h2-10,17-19H,11-13H2,1H3/t17-,18-/m1/s1. The highest BCUT2D eigenvalue weighted by Gasteiger charge is 2.28. The van der Waals surface area contributed by atoms with Gasteiger partial charge in [-0.2, -0.15) is 0 Å². The molecule has 2 aromatic carbocycles. The summed E-state index contributed by atoms with van der Waals surface area (Å²) in [5.74, 6) is 1.61. The first-order valence-electron chi connectivity index (χ1n) is 7.52. The van der Waals surface area contributed by atoms with E-state index in [9.17, 15) is 0 Å². The molecule has 2 aromatic rings. The summed E-state index contributed by atoms with van der Waals surface area (Å²) in [7, 11) is 1.72. The van der Waals surface area contributed by atoms with Gasteiger partial charge in [-0.25, -0.2) is 0 Å². The van der Waals surface area contributed by atoms with Crippen molar-refractivity contribution in [2.75, 3.05) is 20.2 Å². The van der Waals surface area contributed by atoms with Crippen LogP contribution in [0.15, 0.2) is 54.6 Å². The zero-order valence-corrected chi connectivity index (χ0v) is 12.7. The van der Waals surface area contributed by atoms with Gasteiger partial charge in [-0.05, 0) is 17.7 Å². The molecule has 0 spiro atoms. The summed E-state index contributed by atoms with van der Waals surface area (Å²) < 4.78 is 17.2. The number of nitrogens with one attached hydrogen (secondary N) is 1. The third kappa shape index (κ3) is 3.78. The van der Waals surface area contributed by atoms with Gasteiger partial charge in [-0.15, -0.1) is 0 Å². The van der Waals surface area contributed by atoms with Crippen molar-refractivity contribution in [3.8, 4) is 11.5 Å². The maximum atomic E-state index is 6.00. The summed E-state index contributed by atoms with van der Waals surface area (Å²) in [6.45, 7) is 2.18. The number of hydrogen-bond acceptors (Lipinski definition) is 4. The second kappa shape index (κ2) is 7.29. The molecule has 0 aromatic heterocycles. The average Bonchev–Trinajstić information content (AvgIpc) is 3.01. The van der Waals surface area contributed by atoms with Gasteiger partial charge in [0.05, 0.1) is 0 Å². The molecule has 1 N–H and O–H groups in total. The van der Waals surface area contributed by atoms with E-state index in [1.165, 1.54) is 0 Å². The highest BCUT2D eigenvalue weighted by molar-refractivity contribution is 5.33. The van der Waals surface area contributed by atoms with Crippen LogP contribution in [-0.2, 0) is 11.3 Å². The van der Waals surface area contributed by atoms with E-state index in [0.29, 0.717) is 6.61 Å². The minimum Gasteiger partial charge on any atom is -0.489 e. The van der Waals surface area contributed by atoms with Crippen LogP contribution in [-0.4, -0.2) is 32.4 Å². The van der Waals surface area contributed by atoms with Crippen molar-refractivity contribution in [1.29, 1.82) is 0 Å². The molecule has 1 heterocycles. The summed E-state index contributed by atoms with van der Waals surface area (Å²) in [5, 5.41) is 3.27. The Bertz CT molecular complexity index is 588. The molecule has 0 amide bonds. The van der Waals surface area contributed by atoms with Crippen LogP contribution < -0.4 is 14.8 Å². The average molecular weight is 299 g/mol. The lowest BCUT2D eigenvalue weighted by atomic mass is 10.2. The fraction of sp³-hybridized carbons (Fsp3) is 0.333. The van der Waals surface area contributed by atoms with E-state index in [1.807, 2.05) is 54.6 Å². The first-order chi connectivity index (χ1) is 10.8. The van der Waals surface area contributed by atoms with Crippen molar-refractivity contribution in [3.63, 3.8) is 0 Å². The van der Waals surface area contributed by atoms with Gasteiger partial charge in [-0.1, -0.05) is 36.4 Å². The van der Waals surface area contributed by atoms with E-state index in [1.54, 1.807) is 7.11 Å². The largest absolute Gasteiger partial charge is 0.489 e. The zero-order chi connectivity index (χ0) is 15.2. The van der Waals surface area contributed by atoms with Gasteiger partial charge in [-0.3, -0.25) is 0 Å². The summed E-state index contributed by atoms with van der Waals surface area (Å²) in [6, 6.07) is 17.9. The van der Waals surface area contributed by atoms with E-state index in [4.69, 9.17) is 14.2 Å². The SMILES string of the molecule is CO[C@@H]1CNC[C@H]1Oc1cccc(OCc2ccccc2)c1. The number of rotatable bonds is 6. The maximum Gasteiger partial charge on any atom is 0.138 e. The highest BCUT2D eigenvalue weighted by atomic mass is 16.5. The van der Waals surface area contributed by atoms with Gasteiger partial charge in [0.25, 0.3) is 0 Å². The van der Waals surface area contributed by atoms with Gasteiger partial charge in [0.15, 0.2) is 0 Å². The van der Waals surface area contributed by atoms with Crippen LogP contribution in [0.25, 0.3) is 0 Å². The summed E-state index contributed by atoms with van der Waals surface area (Å²) in [4.78, 5) is 0. The van der Waals surface area contributed by atoms with E-state index >= 15 is 0 Å². The lowest BCUT2D eigenvalue weighted by Gasteiger charge is -2.19.